The van der Waals surface area contributed by atoms with Gasteiger partial charge in [0.2, 0.25) is 5.91 Å². The molecule has 2 N–H and O–H groups in total. The first-order chi connectivity index (χ1) is 14.4. The van der Waals surface area contributed by atoms with Crippen molar-refractivity contribution in [2.45, 2.75) is 62.6 Å². The van der Waals surface area contributed by atoms with E-state index in [-0.39, 0.29) is 29.3 Å². The van der Waals surface area contributed by atoms with E-state index >= 15 is 0 Å². The fraction of sp³-hybridized carbons (Fsp3) is 0.600. The maximum absolute atomic E-state index is 14.7. The zero-order valence-electron chi connectivity index (χ0n) is 16.9. The zero-order valence-corrected chi connectivity index (χ0v) is 16.9. The lowest BCUT2D eigenvalue weighted by molar-refractivity contribution is -0.124. The summed E-state index contributed by atoms with van der Waals surface area (Å²) >= 11 is 0. The lowest BCUT2D eigenvalue weighted by Crippen LogP contribution is -2.58. The monoisotopic (exact) mass is 418 g/mol. The molecule has 2 aliphatic heterocycles. The molecule has 10 heteroatoms. The third kappa shape index (κ3) is 2.84. The van der Waals surface area contributed by atoms with E-state index in [2.05, 4.69) is 37.8 Å². The minimum absolute atomic E-state index is 0.0362. The predicted octanol–water partition coefficient (Wildman–Crippen LogP) is 2.08. The molecule has 3 aliphatic rings. The number of amides is 1. The smallest absolute Gasteiger partial charge is 0.266 e. The van der Waals surface area contributed by atoms with Gasteiger partial charge in [0.15, 0.2) is 0 Å². The van der Waals surface area contributed by atoms with Gasteiger partial charge < -0.3 is 15.0 Å². The maximum atomic E-state index is 14.7. The number of halogens is 2. The maximum Gasteiger partial charge on any atom is 0.266 e. The molecule has 5 rings (SSSR count). The summed E-state index contributed by atoms with van der Waals surface area (Å²) in [6.45, 7) is 2.15. The van der Waals surface area contributed by atoms with Gasteiger partial charge in [-0.3, -0.25) is 4.79 Å². The quantitative estimate of drug-likeness (QED) is 0.772. The van der Waals surface area contributed by atoms with Crippen molar-refractivity contribution in [2.24, 2.45) is 5.92 Å². The first-order valence-corrected chi connectivity index (χ1v) is 10.3. The number of ether oxygens (including phenoxy) is 1. The summed E-state index contributed by atoms with van der Waals surface area (Å²) in [5.74, 6) is -0.865. The molecule has 1 saturated carbocycles. The highest BCUT2D eigenvalue weighted by atomic mass is 19.1. The predicted molar refractivity (Wildman–Crippen MR) is 103 cm³/mol. The Labute approximate surface area is 172 Å². The number of methoxy groups -OCH3 is 1. The summed E-state index contributed by atoms with van der Waals surface area (Å²) in [5, 5.41) is 17.5. The van der Waals surface area contributed by atoms with Crippen LogP contribution in [0.1, 0.15) is 44.6 Å². The first kappa shape index (κ1) is 19.2. The summed E-state index contributed by atoms with van der Waals surface area (Å²) in [7, 11) is 1.35. The Bertz CT molecular complexity index is 941. The van der Waals surface area contributed by atoms with Gasteiger partial charge in [-0.25, -0.2) is 8.78 Å². The number of hydrogen-bond acceptors (Lipinski definition) is 6. The SMILES string of the molecule is COc1cc(F)c(C2(C(=O)NC3C[C@@H](C)[C@@H]4CC[C@H]3N4c3nn[nH]n3)CC2)c(F)c1. The van der Waals surface area contributed by atoms with Crippen LogP contribution in [0.15, 0.2) is 12.1 Å². The van der Waals surface area contributed by atoms with Crippen molar-refractivity contribution in [3.63, 3.8) is 0 Å². The third-order valence-electron chi connectivity index (χ3n) is 7.02. The second kappa shape index (κ2) is 6.88. The molecule has 0 spiro atoms. The van der Waals surface area contributed by atoms with Gasteiger partial charge in [0.05, 0.1) is 18.6 Å². The number of nitrogens with one attached hydrogen (secondary N) is 2. The highest BCUT2D eigenvalue weighted by Crippen LogP contribution is 2.51. The van der Waals surface area contributed by atoms with Crippen LogP contribution < -0.4 is 15.0 Å². The van der Waals surface area contributed by atoms with Crippen LogP contribution in [0.2, 0.25) is 0 Å². The average Bonchev–Trinajstić information content (AvgIpc) is 3.16. The van der Waals surface area contributed by atoms with Gasteiger partial charge in [-0.1, -0.05) is 12.0 Å². The summed E-state index contributed by atoms with van der Waals surface area (Å²) in [4.78, 5) is 15.4. The Morgan fingerprint density at radius 2 is 1.97 bits per heavy atom. The molecule has 1 unspecified atom stereocenters. The molecule has 1 amide bonds. The number of rotatable bonds is 5. The van der Waals surface area contributed by atoms with Crippen LogP contribution in [0.4, 0.5) is 14.7 Å². The molecule has 2 saturated heterocycles. The van der Waals surface area contributed by atoms with Crippen molar-refractivity contribution in [3.05, 3.63) is 29.3 Å². The molecule has 3 fully saturated rings. The number of carbonyl (C=O) groups excluding carboxylic acids is 1. The number of piperidine rings is 1. The van der Waals surface area contributed by atoms with Gasteiger partial charge in [0, 0.05) is 29.8 Å². The standard InChI is InChI=1S/C20H24F2N6O2/c1-10-7-14(16-4-3-15(10)28(16)19-24-26-27-25-19)23-18(29)20(5-6-20)17-12(21)8-11(30-2)9-13(17)22/h8-10,14-16H,3-7H2,1-2H3,(H,23,29)(H,24,25,26,27)/t10-,14?,15+,16-/m1/s1. The van der Waals surface area contributed by atoms with Crippen LogP contribution in [-0.2, 0) is 10.2 Å². The van der Waals surface area contributed by atoms with Crippen molar-refractivity contribution in [1.82, 2.24) is 25.9 Å². The normalized spacial score (nSPS) is 29.0. The Kier molecular flexibility index (Phi) is 4.41. The molecule has 8 nitrogen and oxygen atoms in total. The number of aromatic nitrogens is 4. The van der Waals surface area contributed by atoms with Gasteiger partial charge >= 0.3 is 0 Å². The summed E-state index contributed by atoms with van der Waals surface area (Å²) < 4.78 is 34.3. The Morgan fingerprint density at radius 3 is 2.57 bits per heavy atom. The molecule has 0 radical (unpaired) electrons. The van der Waals surface area contributed by atoms with Crippen molar-refractivity contribution >= 4 is 11.9 Å². The zero-order chi connectivity index (χ0) is 21.0. The van der Waals surface area contributed by atoms with Gasteiger partial charge in [0.1, 0.15) is 17.4 Å². The van der Waals surface area contributed by atoms with Crippen LogP contribution >= 0.6 is 0 Å². The lowest BCUT2D eigenvalue weighted by atomic mass is 9.87. The van der Waals surface area contributed by atoms with Crippen LogP contribution in [-0.4, -0.2) is 51.8 Å². The van der Waals surface area contributed by atoms with E-state index in [1.54, 1.807) is 0 Å². The van der Waals surface area contributed by atoms with Crippen LogP contribution in [0.3, 0.4) is 0 Å². The number of anilines is 1. The third-order valence-corrected chi connectivity index (χ3v) is 7.02. The van der Waals surface area contributed by atoms with Crippen LogP contribution in [0, 0.1) is 17.6 Å². The largest absolute Gasteiger partial charge is 0.497 e. The van der Waals surface area contributed by atoms with Crippen molar-refractivity contribution in [3.8, 4) is 5.75 Å². The highest BCUT2D eigenvalue weighted by molar-refractivity contribution is 5.91. The van der Waals surface area contributed by atoms with Crippen LogP contribution in [0.25, 0.3) is 0 Å². The molecule has 4 atom stereocenters. The molecule has 2 bridgehead atoms. The van der Waals surface area contributed by atoms with E-state index in [1.807, 2.05) is 0 Å². The van der Waals surface area contributed by atoms with E-state index in [9.17, 15) is 13.6 Å². The summed E-state index contributed by atoms with van der Waals surface area (Å²) in [6, 6.07) is 2.45. The number of aromatic amines is 1. The molecular formula is C20H24F2N6O2. The summed E-state index contributed by atoms with van der Waals surface area (Å²) in [5.41, 5.74) is -1.32. The highest BCUT2D eigenvalue weighted by Gasteiger charge is 2.56. The first-order valence-electron chi connectivity index (χ1n) is 10.3. The molecule has 1 aromatic heterocycles. The number of benzene rings is 1. The minimum Gasteiger partial charge on any atom is -0.497 e. The molecule has 1 aromatic carbocycles. The van der Waals surface area contributed by atoms with Crippen molar-refractivity contribution < 1.29 is 18.3 Å². The van der Waals surface area contributed by atoms with E-state index in [4.69, 9.17) is 4.74 Å². The number of nitrogens with zero attached hydrogens (tertiary/aromatic N) is 4. The molecule has 3 heterocycles. The lowest BCUT2D eigenvalue weighted by Gasteiger charge is -2.43. The number of H-pyrrole nitrogens is 1. The van der Waals surface area contributed by atoms with Crippen LogP contribution in [0.5, 0.6) is 5.75 Å². The van der Waals surface area contributed by atoms with E-state index in [1.165, 1.54) is 7.11 Å². The van der Waals surface area contributed by atoms with E-state index < -0.39 is 17.0 Å². The van der Waals surface area contributed by atoms with Gasteiger partial charge in [-0.2, -0.15) is 5.21 Å². The van der Waals surface area contributed by atoms with Gasteiger partial charge in [0.25, 0.3) is 5.95 Å². The topological polar surface area (TPSA) is 96.0 Å². The molecule has 160 valence electrons. The number of hydrogen-bond donors (Lipinski definition) is 2. The Hall–Kier alpha value is -2.78. The average molecular weight is 418 g/mol. The number of tetrazole rings is 1. The number of fused-ring (bicyclic) bond motifs is 2. The summed E-state index contributed by atoms with van der Waals surface area (Å²) in [6.07, 6.45) is 3.53. The van der Waals surface area contributed by atoms with E-state index in [0.717, 1.165) is 31.4 Å². The molecule has 2 aromatic rings. The number of carbonyl (C=O) groups is 1. The van der Waals surface area contributed by atoms with Crippen molar-refractivity contribution in [1.29, 1.82) is 0 Å². The van der Waals surface area contributed by atoms with Gasteiger partial charge in [-0.15, -0.1) is 5.10 Å². The van der Waals surface area contributed by atoms with Gasteiger partial charge in [-0.05, 0) is 43.2 Å². The van der Waals surface area contributed by atoms with Crippen molar-refractivity contribution in [2.75, 3.05) is 12.0 Å². The Balaban J connectivity index is 1.40. The second-order valence-electron chi connectivity index (χ2n) is 8.67. The molecule has 1 aliphatic carbocycles. The minimum atomic E-state index is -1.16. The molecular weight excluding hydrogens is 394 g/mol. The van der Waals surface area contributed by atoms with E-state index in [0.29, 0.717) is 30.7 Å². The Morgan fingerprint density at radius 1 is 1.27 bits per heavy atom. The second-order valence-corrected chi connectivity index (χ2v) is 8.67. The fourth-order valence-corrected chi connectivity index (χ4v) is 5.40. The fourth-order valence-electron chi connectivity index (χ4n) is 5.40. The molecule has 30 heavy (non-hydrogen) atoms.